The number of carbonyl (C=O) groups excluding carboxylic acids is 4. The standard InChI is InChI=1S/C21H30N2O5/c1-14(24)11-17(23-20(27)28-21(3,4)5)13-19(26)22-15(2)18(25)12-16-9-7-6-8-10-16/h6-10,15,17H,11-13H2,1-5H3,(H,22,26)(H,23,27)/t15-,17-/m0/s1. The summed E-state index contributed by atoms with van der Waals surface area (Å²) >= 11 is 0. The Labute approximate surface area is 166 Å². The van der Waals surface area contributed by atoms with Gasteiger partial charge in [-0.15, -0.1) is 0 Å². The van der Waals surface area contributed by atoms with E-state index in [1.54, 1.807) is 27.7 Å². The smallest absolute Gasteiger partial charge is 0.407 e. The van der Waals surface area contributed by atoms with Crippen LogP contribution in [0.1, 0.15) is 53.0 Å². The fourth-order valence-electron chi connectivity index (χ4n) is 2.55. The first-order chi connectivity index (χ1) is 13.0. The maximum absolute atomic E-state index is 12.3. The summed E-state index contributed by atoms with van der Waals surface area (Å²) in [6.07, 6.45) is -0.601. The molecule has 154 valence electrons. The lowest BCUT2D eigenvalue weighted by atomic mass is 10.0. The highest BCUT2D eigenvalue weighted by molar-refractivity contribution is 5.90. The van der Waals surface area contributed by atoms with E-state index >= 15 is 0 Å². The molecule has 1 aromatic rings. The minimum Gasteiger partial charge on any atom is -0.444 e. The van der Waals surface area contributed by atoms with Gasteiger partial charge in [0.1, 0.15) is 11.4 Å². The summed E-state index contributed by atoms with van der Waals surface area (Å²) in [5.41, 5.74) is 0.181. The zero-order chi connectivity index (χ0) is 21.3. The van der Waals surface area contributed by atoms with E-state index in [0.717, 1.165) is 5.56 Å². The van der Waals surface area contributed by atoms with Crippen LogP contribution >= 0.6 is 0 Å². The molecule has 0 saturated heterocycles. The van der Waals surface area contributed by atoms with Crippen molar-refractivity contribution in [1.82, 2.24) is 10.6 Å². The van der Waals surface area contributed by atoms with E-state index in [4.69, 9.17) is 4.74 Å². The number of ether oxygens (including phenoxy) is 1. The van der Waals surface area contributed by atoms with E-state index in [1.165, 1.54) is 6.92 Å². The maximum atomic E-state index is 12.3. The number of benzene rings is 1. The van der Waals surface area contributed by atoms with Crippen LogP contribution in [-0.4, -0.2) is 41.3 Å². The number of hydrogen-bond donors (Lipinski definition) is 2. The third kappa shape index (κ3) is 9.85. The van der Waals surface area contributed by atoms with Crippen molar-refractivity contribution in [2.75, 3.05) is 0 Å². The van der Waals surface area contributed by atoms with Crippen LogP contribution in [0, 0.1) is 0 Å². The minimum absolute atomic E-state index is 0.000987. The van der Waals surface area contributed by atoms with Crippen molar-refractivity contribution in [2.45, 2.75) is 71.6 Å². The van der Waals surface area contributed by atoms with Gasteiger partial charge in [-0.1, -0.05) is 30.3 Å². The zero-order valence-corrected chi connectivity index (χ0v) is 17.2. The van der Waals surface area contributed by atoms with Crippen LogP contribution in [0.3, 0.4) is 0 Å². The third-order valence-corrected chi connectivity index (χ3v) is 3.77. The Bertz CT molecular complexity index is 694. The lowest BCUT2D eigenvalue weighted by molar-refractivity contribution is -0.127. The molecule has 0 fully saturated rings. The number of nitrogens with one attached hydrogen (secondary N) is 2. The number of Topliss-reactive ketones (excluding diaryl/α,β-unsaturated/α-hetero) is 2. The Kier molecular flexibility index (Phi) is 8.82. The molecule has 2 N–H and O–H groups in total. The number of hydrogen-bond acceptors (Lipinski definition) is 5. The molecular weight excluding hydrogens is 360 g/mol. The first kappa shape index (κ1) is 23.3. The van der Waals surface area contributed by atoms with Gasteiger partial charge in [0.2, 0.25) is 5.91 Å². The molecule has 2 atom stereocenters. The molecule has 1 rings (SSSR count). The van der Waals surface area contributed by atoms with Gasteiger partial charge in [0, 0.05) is 25.3 Å². The van der Waals surface area contributed by atoms with E-state index < -0.39 is 29.7 Å². The maximum Gasteiger partial charge on any atom is 0.407 e. The third-order valence-electron chi connectivity index (χ3n) is 3.77. The summed E-state index contributed by atoms with van der Waals surface area (Å²) in [6.45, 7) is 8.16. The van der Waals surface area contributed by atoms with Crippen LogP contribution in [0.25, 0.3) is 0 Å². The Hall–Kier alpha value is -2.70. The van der Waals surface area contributed by atoms with E-state index in [9.17, 15) is 19.2 Å². The molecule has 0 spiro atoms. The molecule has 2 amide bonds. The second-order valence-corrected chi connectivity index (χ2v) is 7.87. The molecule has 0 saturated carbocycles. The van der Waals surface area contributed by atoms with Crippen molar-refractivity contribution < 1.29 is 23.9 Å². The monoisotopic (exact) mass is 390 g/mol. The highest BCUT2D eigenvalue weighted by atomic mass is 16.6. The van der Waals surface area contributed by atoms with Crippen molar-refractivity contribution >= 4 is 23.6 Å². The largest absolute Gasteiger partial charge is 0.444 e. The second kappa shape index (κ2) is 10.6. The molecule has 0 bridgehead atoms. The number of amides is 2. The topological polar surface area (TPSA) is 102 Å². The average Bonchev–Trinajstić information content (AvgIpc) is 2.52. The van der Waals surface area contributed by atoms with Crippen LogP contribution in [-0.2, 0) is 25.5 Å². The van der Waals surface area contributed by atoms with Gasteiger partial charge in [0.25, 0.3) is 0 Å². The SMILES string of the molecule is CC(=O)C[C@@H](CC(=O)N[C@@H](C)C(=O)Cc1ccccc1)NC(=O)OC(C)(C)C. The molecule has 0 aromatic heterocycles. The summed E-state index contributed by atoms with van der Waals surface area (Å²) in [5, 5.41) is 5.18. The van der Waals surface area contributed by atoms with Crippen LogP contribution in [0.4, 0.5) is 4.79 Å². The van der Waals surface area contributed by atoms with Gasteiger partial charge >= 0.3 is 6.09 Å². The van der Waals surface area contributed by atoms with Gasteiger partial charge in [-0.05, 0) is 40.2 Å². The fourth-order valence-corrected chi connectivity index (χ4v) is 2.55. The van der Waals surface area contributed by atoms with Crippen LogP contribution < -0.4 is 10.6 Å². The molecule has 0 aliphatic rings. The number of carbonyl (C=O) groups is 4. The summed E-state index contributed by atoms with van der Waals surface area (Å²) in [7, 11) is 0. The average molecular weight is 390 g/mol. The molecule has 0 aliphatic carbocycles. The lowest BCUT2D eigenvalue weighted by Crippen LogP contribution is -2.45. The molecule has 0 aliphatic heterocycles. The van der Waals surface area contributed by atoms with Crippen LogP contribution in [0.15, 0.2) is 30.3 Å². The van der Waals surface area contributed by atoms with Gasteiger partial charge in [-0.25, -0.2) is 4.79 Å². The molecule has 7 nitrogen and oxygen atoms in total. The Morgan fingerprint density at radius 1 is 1.00 bits per heavy atom. The van der Waals surface area contributed by atoms with Crippen molar-refractivity contribution in [3.05, 3.63) is 35.9 Å². The van der Waals surface area contributed by atoms with Crippen molar-refractivity contribution in [1.29, 1.82) is 0 Å². The Morgan fingerprint density at radius 2 is 1.61 bits per heavy atom. The van der Waals surface area contributed by atoms with Gasteiger partial charge < -0.3 is 15.4 Å². The summed E-state index contributed by atoms with van der Waals surface area (Å²) in [6, 6.07) is 7.88. The molecule has 0 heterocycles. The van der Waals surface area contributed by atoms with Crippen molar-refractivity contribution in [2.24, 2.45) is 0 Å². The van der Waals surface area contributed by atoms with Gasteiger partial charge in [-0.2, -0.15) is 0 Å². The van der Waals surface area contributed by atoms with E-state index in [1.807, 2.05) is 30.3 Å². The molecule has 0 radical (unpaired) electrons. The van der Waals surface area contributed by atoms with Crippen LogP contribution in [0.2, 0.25) is 0 Å². The van der Waals surface area contributed by atoms with Crippen LogP contribution in [0.5, 0.6) is 0 Å². The second-order valence-electron chi connectivity index (χ2n) is 7.87. The summed E-state index contributed by atoms with van der Waals surface area (Å²) in [5.74, 6) is -0.707. The van der Waals surface area contributed by atoms with E-state index in [-0.39, 0.29) is 30.8 Å². The van der Waals surface area contributed by atoms with E-state index in [0.29, 0.717) is 0 Å². The molecular formula is C21H30N2O5. The zero-order valence-electron chi connectivity index (χ0n) is 17.2. The summed E-state index contributed by atoms with van der Waals surface area (Å²) < 4.78 is 5.17. The minimum atomic E-state index is -0.705. The Balaban J connectivity index is 2.60. The number of ketones is 2. The number of alkyl carbamates (subject to hydrolysis) is 1. The molecule has 0 unspecified atom stereocenters. The van der Waals surface area contributed by atoms with Crippen molar-refractivity contribution in [3.8, 4) is 0 Å². The highest BCUT2D eigenvalue weighted by Crippen LogP contribution is 2.09. The highest BCUT2D eigenvalue weighted by Gasteiger charge is 2.24. The molecule has 7 heteroatoms. The van der Waals surface area contributed by atoms with Gasteiger partial charge in [-0.3, -0.25) is 14.4 Å². The molecule has 28 heavy (non-hydrogen) atoms. The predicted molar refractivity (Wildman–Crippen MR) is 106 cm³/mol. The first-order valence-corrected chi connectivity index (χ1v) is 9.31. The fraction of sp³-hybridized carbons (Fsp3) is 0.524. The quantitative estimate of drug-likeness (QED) is 0.675. The first-order valence-electron chi connectivity index (χ1n) is 9.31. The van der Waals surface area contributed by atoms with Gasteiger partial charge in [0.05, 0.1) is 6.04 Å². The lowest BCUT2D eigenvalue weighted by Gasteiger charge is -2.23. The normalized spacial score (nSPS) is 13.2. The van der Waals surface area contributed by atoms with Gasteiger partial charge in [0.15, 0.2) is 5.78 Å². The predicted octanol–water partition coefficient (Wildman–Crippen LogP) is 2.57. The summed E-state index contributed by atoms with van der Waals surface area (Å²) in [4.78, 5) is 48.0. The Morgan fingerprint density at radius 3 is 2.14 bits per heavy atom. The van der Waals surface area contributed by atoms with E-state index in [2.05, 4.69) is 10.6 Å². The molecule has 1 aromatic carbocycles. The van der Waals surface area contributed by atoms with Crippen molar-refractivity contribution in [3.63, 3.8) is 0 Å². The number of rotatable bonds is 9.